The molecule has 0 aliphatic carbocycles. The lowest BCUT2D eigenvalue weighted by Gasteiger charge is -1.94. The van der Waals surface area contributed by atoms with E-state index in [2.05, 4.69) is 0 Å². The lowest BCUT2D eigenvalue weighted by Crippen LogP contribution is -2.02. The Kier molecular flexibility index (Phi) is 17.0. The van der Waals surface area contributed by atoms with Gasteiger partial charge < -0.3 is 17.3 Å². The van der Waals surface area contributed by atoms with E-state index in [0.717, 1.165) is 0 Å². The zero-order valence-electron chi connectivity index (χ0n) is 3.88. The lowest BCUT2D eigenvalue weighted by molar-refractivity contribution is 0.368. The summed E-state index contributed by atoms with van der Waals surface area (Å²) in [6.07, 6.45) is 0. The van der Waals surface area contributed by atoms with Gasteiger partial charge in [0.05, 0.1) is 0 Å². The maximum Gasteiger partial charge on any atom is 0.673 e. The SMILES string of the molecule is F[B-](F)(F)F.N#N.N#N. The molecule has 52 valence electrons. The maximum absolute atomic E-state index is 9.75. The van der Waals surface area contributed by atoms with E-state index >= 15 is 0 Å². The Hall–Kier alpha value is -1.38. The number of hydrogen-bond acceptors (Lipinski definition) is 4. The summed E-state index contributed by atoms with van der Waals surface area (Å²) >= 11 is 0. The molecule has 0 rings (SSSR count). The van der Waals surface area contributed by atoms with E-state index in [-0.39, 0.29) is 0 Å². The molecule has 0 aliphatic rings. The minimum absolute atomic E-state index is 6.00. The smallest absolute Gasteiger partial charge is 0.418 e. The molecule has 0 aliphatic heterocycles. The minimum atomic E-state index is -6.00. The monoisotopic (exact) mass is 143 g/mol. The van der Waals surface area contributed by atoms with Crippen molar-refractivity contribution in [2.45, 2.75) is 0 Å². The highest BCUT2D eigenvalue weighted by molar-refractivity contribution is 6.50. The van der Waals surface area contributed by atoms with Gasteiger partial charge in [0.1, 0.15) is 0 Å². The Bertz CT molecular complexity index is 67.5. The molecule has 0 fully saturated rings. The fraction of sp³-hybridized carbons (Fsp3) is 0. The maximum atomic E-state index is 9.75. The summed E-state index contributed by atoms with van der Waals surface area (Å²) in [4.78, 5) is 0. The van der Waals surface area contributed by atoms with Crippen molar-refractivity contribution < 1.29 is 17.3 Å². The van der Waals surface area contributed by atoms with Gasteiger partial charge in [0, 0.05) is 21.6 Å². The summed E-state index contributed by atoms with van der Waals surface area (Å²) in [6, 6.07) is 0. The summed E-state index contributed by atoms with van der Waals surface area (Å²) in [5.41, 5.74) is 0. The van der Waals surface area contributed by atoms with E-state index in [1.807, 2.05) is 0 Å². The van der Waals surface area contributed by atoms with Crippen LogP contribution in [0, 0.1) is 21.6 Å². The number of nitrogens with zero attached hydrogens (tertiary/aromatic N) is 4. The van der Waals surface area contributed by atoms with Crippen molar-refractivity contribution in [3.63, 3.8) is 0 Å². The largest absolute Gasteiger partial charge is 0.673 e. The Balaban J connectivity index is -0.0000000771. The van der Waals surface area contributed by atoms with Gasteiger partial charge in [-0.2, -0.15) is 0 Å². The first-order chi connectivity index (χ1) is 4.00. The van der Waals surface area contributed by atoms with Gasteiger partial charge in [-0.05, 0) is 0 Å². The van der Waals surface area contributed by atoms with Crippen LogP contribution in [0.4, 0.5) is 17.3 Å². The second-order valence-electron chi connectivity index (χ2n) is 0.495. The van der Waals surface area contributed by atoms with Gasteiger partial charge in [0.2, 0.25) is 0 Å². The lowest BCUT2D eigenvalue weighted by atomic mass is 10.3. The van der Waals surface area contributed by atoms with E-state index in [1.165, 1.54) is 0 Å². The Morgan fingerprint density at radius 2 is 0.667 bits per heavy atom. The number of halogens is 4. The van der Waals surface area contributed by atoms with E-state index in [1.54, 1.807) is 0 Å². The van der Waals surface area contributed by atoms with Crippen LogP contribution in [-0.4, -0.2) is 7.25 Å². The van der Waals surface area contributed by atoms with Crippen LogP contribution in [0.15, 0.2) is 0 Å². The van der Waals surface area contributed by atoms with Gasteiger partial charge in [-0.3, -0.25) is 0 Å². The summed E-state index contributed by atoms with van der Waals surface area (Å²) in [5.74, 6) is 0. The summed E-state index contributed by atoms with van der Waals surface area (Å²) in [7, 11) is -6.00. The third kappa shape index (κ3) is 74.9. The molecular weight excluding hydrogens is 143 g/mol. The first-order valence-electron chi connectivity index (χ1n) is 1.27. The van der Waals surface area contributed by atoms with Crippen molar-refractivity contribution in [1.82, 2.24) is 0 Å². The highest BCUT2D eigenvalue weighted by Crippen LogP contribution is 2.06. The van der Waals surface area contributed by atoms with Gasteiger partial charge in [-0.1, -0.05) is 0 Å². The molecule has 0 aromatic rings. The molecule has 0 N–H and O–H groups in total. The van der Waals surface area contributed by atoms with Crippen molar-refractivity contribution in [1.29, 1.82) is 21.6 Å². The predicted octanol–water partition coefficient (Wildman–Crippen LogP) is 1.36. The molecule has 9 heteroatoms. The van der Waals surface area contributed by atoms with E-state index in [0.29, 0.717) is 0 Å². The molecule has 0 radical (unpaired) electrons. The van der Waals surface area contributed by atoms with Crippen molar-refractivity contribution in [2.75, 3.05) is 0 Å². The highest BCUT2D eigenvalue weighted by atomic mass is 19.5. The first kappa shape index (κ1) is 15.6. The third-order valence-electron chi connectivity index (χ3n) is 0. The molecular formula is BF4N4-. The van der Waals surface area contributed by atoms with Gasteiger partial charge in [-0.15, -0.1) is 0 Å². The van der Waals surface area contributed by atoms with Crippen LogP contribution in [0.25, 0.3) is 0 Å². The second kappa shape index (κ2) is 9.80. The number of rotatable bonds is 0. The minimum Gasteiger partial charge on any atom is -0.418 e. The van der Waals surface area contributed by atoms with Crippen molar-refractivity contribution in [3.8, 4) is 0 Å². The van der Waals surface area contributed by atoms with Crippen molar-refractivity contribution >= 4 is 7.25 Å². The summed E-state index contributed by atoms with van der Waals surface area (Å²) in [5, 5.41) is 24.0. The Morgan fingerprint density at radius 3 is 0.667 bits per heavy atom. The fourth-order valence-corrected chi connectivity index (χ4v) is 0. The van der Waals surface area contributed by atoms with Gasteiger partial charge in [-0.25, -0.2) is 0 Å². The molecule has 0 aromatic heterocycles. The van der Waals surface area contributed by atoms with Crippen LogP contribution in [0.1, 0.15) is 0 Å². The summed E-state index contributed by atoms with van der Waals surface area (Å²) < 4.78 is 39.0. The highest BCUT2D eigenvalue weighted by Gasteiger charge is 2.20. The number of hydrogen-bond donors (Lipinski definition) is 0. The fourth-order valence-electron chi connectivity index (χ4n) is 0. The second-order valence-corrected chi connectivity index (χ2v) is 0.495. The van der Waals surface area contributed by atoms with Crippen LogP contribution in [0.2, 0.25) is 0 Å². The zero-order valence-corrected chi connectivity index (χ0v) is 3.88. The average Bonchev–Trinajstić information content (AvgIpc) is 1.72. The normalized spacial score (nSPS) is 7.11. The topological polar surface area (TPSA) is 95.2 Å². The van der Waals surface area contributed by atoms with Crippen LogP contribution in [0.3, 0.4) is 0 Å². The van der Waals surface area contributed by atoms with Crippen molar-refractivity contribution in [3.05, 3.63) is 0 Å². The quantitative estimate of drug-likeness (QED) is 0.290. The first-order valence-corrected chi connectivity index (χ1v) is 1.27. The molecule has 0 heterocycles. The Morgan fingerprint density at radius 1 is 0.667 bits per heavy atom. The van der Waals surface area contributed by atoms with E-state index in [9.17, 15) is 17.3 Å². The summed E-state index contributed by atoms with van der Waals surface area (Å²) in [6.45, 7) is 0. The molecule has 0 spiro atoms. The molecule has 9 heavy (non-hydrogen) atoms. The zero-order chi connectivity index (χ0) is 8.50. The van der Waals surface area contributed by atoms with Crippen LogP contribution >= 0.6 is 0 Å². The van der Waals surface area contributed by atoms with Crippen LogP contribution < -0.4 is 0 Å². The molecule has 0 aromatic carbocycles. The van der Waals surface area contributed by atoms with Gasteiger partial charge in [0.25, 0.3) is 0 Å². The third-order valence-corrected chi connectivity index (χ3v) is 0. The van der Waals surface area contributed by atoms with Gasteiger partial charge in [0.15, 0.2) is 0 Å². The molecule has 0 bridgehead atoms. The van der Waals surface area contributed by atoms with Crippen LogP contribution in [0.5, 0.6) is 0 Å². The van der Waals surface area contributed by atoms with Gasteiger partial charge >= 0.3 is 7.25 Å². The Labute approximate surface area is 47.4 Å². The standard InChI is InChI=1S/BF4.2N2/c2-1(3,4)5;2*1-2/q-1;;. The van der Waals surface area contributed by atoms with E-state index < -0.39 is 7.25 Å². The van der Waals surface area contributed by atoms with E-state index in [4.69, 9.17) is 21.6 Å². The molecule has 0 saturated carbocycles. The predicted molar refractivity (Wildman–Crippen MR) is 17.1 cm³/mol. The molecule has 4 nitrogen and oxygen atoms in total. The molecule has 0 saturated heterocycles. The van der Waals surface area contributed by atoms with Crippen LogP contribution in [-0.2, 0) is 0 Å². The molecule has 0 unspecified atom stereocenters. The van der Waals surface area contributed by atoms with Crippen molar-refractivity contribution in [2.24, 2.45) is 0 Å². The molecule has 0 amide bonds. The molecule has 0 atom stereocenters. The average molecular weight is 143 g/mol.